The van der Waals surface area contributed by atoms with E-state index >= 15 is 0 Å². The van der Waals surface area contributed by atoms with Gasteiger partial charge in [0.15, 0.2) is 11.5 Å². The summed E-state index contributed by atoms with van der Waals surface area (Å²) < 4.78 is 10.8. The molecule has 0 atom stereocenters. The first-order chi connectivity index (χ1) is 9.17. The van der Waals surface area contributed by atoms with Gasteiger partial charge >= 0.3 is 5.97 Å². The number of carboxylic acid groups (broad SMARTS) is 1. The van der Waals surface area contributed by atoms with Crippen LogP contribution in [-0.4, -0.2) is 24.8 Å². The van der Waals surface area contributed by atoms with Crippen LogP contribution in [0.1, 0.15) is 18.9 Å². The molecule has 0 aliphatic rings. The second-order valence-corrected chi connectivity index (χ2v) is 3.61. The Kier molecular flexibility index (Phi) is 6.04. The van der Waals surface area contributed by atoms with Gasteiger partial charge in [0.1, 0.15) is 0 Å². The van der Waals surface area contributed by atoms with Crippen LogP contribution >= 0.6 is 0 Å². The van der Waals surface area contributed by atoms with Crippen molar-refractivity contribution in [1.29, 1.82) is 0 Å². The highest BCUT2D eigenvalue weighted by molar-refractivity contribution is 5.85. The minimum Gasteiger partial charge on any atom is -0.493 e. The lowest BCUT2D eigenvalue weighted by molar-refractivity contribution is -0.131. The summed E-state index contributed by atoms with van der Waals surface area (Å²) in [6.07, 6.45) is 3.23. The molecule has 0 unspecified atom stereocenters. The highest BCUT2D eigenvalue weighted by atomic mass is 16.5. The number of carboxylic acids is 1. The van der Waals surface area contributed by atoms with Crippen molar-refractivity contribution in [2.75, 3.05) is 13.7 Å². The Bertz CT molecular complexity index is 521. The van der Waals surface area contributed by atoms with Crippen LogP contribution in [0, 0.1) is 11.8 Å². The molecule has 4 heteroatoms. The monoisotopic (exact) mass is 260 g/mol. The fourth-order valence-electron chi connectivity index (χ4n) is 1.41. The number of aliphatic carboxylic acids is 1. The van der Waals surface area contributed by atoms with Crippen molar-refractivity contribution in [3.63, 3.8) is 0 Å². The van der Waals surface area contributed by atoms with Crippen molar-refractivity contribution < 1.29 is 19.4 Å². The third-order valence-corrected chi connectivity index (χ3v) is 2.27. The van der Waals surface area contributed by atoms with Gasteiger partial charge in [0, 0.05) is 12.5 Å². The maximum Gasteiger partial charge on any atom is 0.328 e. The molecule has 4 nitrogen and oxygen atoms in total. The van der Waals surface area contributed by atoms with E-state index < -0.39 is 5.97 Å². The maximum absolute atomic E-state index is 10.4. The van der Waals surface area contributed by atoms with Gasteiger partial charge in [0.2, 0.25) is 0 Å². The van der Waals surface area contributed by atoms with Crippen molar-refractivity contribution in [2.45, 2.75) is 13.3 Å². The summed E-state index contributed by atoms with van der Waals surface area (Å²) in [4.78, 5) is 10.4. The molecular formula is C15H16O4. The number of ether oxygens (including phenoxy) is 2. The molecule has 0 aliphatic carbocycles. The zero-order chi connectivity index (χ0) is 14.1. The van der Waals surface area contributed by atoms with Crippen molar-refractivity contribution in [3.05, 3.63) is 29.8 Å². The Morgan fingerprint density at radius 1 is 1.42 bits per heavy atom. The first-order valence-corrected chi connectivity index (χ1v) is 5.79. The predicted molar refractivity (Wildman–Crippen MR) is 73.2 cm³/mol. The van der Waals surface area contributed by atoms with Crippen molar-refractivity contribution in [3.8, 4) is 23.3 Å². The molecule has 0 aliphatic heterocycles. The van der Waals surface area contributed by atoms with Gasteiger partial charge in [-0.2, -0.15) is 0 Å². The van der Waals surface area contributed by atoms with E-state index in [0.717, 1.165) is 11.6 Å². The number of rotatable bonds is 6. The van der Waals surface area contributed by atoms with E-state index in [1.165, 1.54) is 6.08 Å². The van der Waals surface area contributed by atoms with E-state index in [1.807, 2.05) is 0 Å². The third-order valence-electron chi connectivity index (χ3n) is 2.27. The quantitative estimate of drug-likeness (QED) is 0.485. The van der Waals surface area contributed by atoms with E-state index in [-0.39, 0.29) is 0 Å². The summed E-state index contributed by atoms with van der Waals surface area (Å²) in [5.74, 6) is 5.90. The average molecular weight is 260 g/mol. The summed E-state index contributed by atoms with van der Waals surface area (Å²) in [6, 6.07) is 5.24. The first kappa shape index (κ1) is 14.7. The molecule has 0 saturated carbocycles. The van der Waals surface area contributed by atoms with Crippen LogP contribution in [0.3, 0.4) is 0 Å². The van der Waals surface area contributed by atoms with E-state index in [0.29, 0.717) is 24.5 Å². The van der Waals surface area contributed by atoms with E-state index in [2.05, 4.69) is 11.8 Å². The van der Waals surface area contributed by atoms with E-state index in [9.17, 15) is 4.79 Å². The molecule has 1 N–H and O–H groups in total. The van der Waals surface area contributed by atoms with E-state index in [4.69, 9.17) is 14.6 Å². The number of methoxy groups -OCH3 is 1. The minimum atomic E-state index is -0.988. The summed E-state index contributed by atoms with van der Waals surface area (Å²) in [6.45, 7) is 2.27. The van der Waals surface area contributed by atoms with Crippen LogP contribution in [0.5, 0.6) is 11.5 Å². The van der Waals surface area contributed by atoms with Gasteiger partial charge in [0.25, 0.3) is 0 Å². The summed E-state index contributed by atoms with van der Waals surface area (Å²) in [7, 11) is 1.54. The molecular weight excluding hydrogens is 244 g/mol. The lowest BCUT2D eigenvalue weighted by Crippen LogP contribution is -1.98. The third kappa shape index (κ3) is 5.17. The highest BCUT2D eigenvalue weighted by Gasteiger charge is 2.04. The topological polar surface area (TPSA) is 55.8 Å². The van der Waals surface area contributed by atoms with Gasteiger partial charge in [-0.15, -0.1) is 11.8 Å². The molecule has 1 aromatic carbocycles. The molecule has 1 rings (SSSR count). The van der Waals surface area contributed by atoms with Gasteiger partial charge in [-0.05, 0) is 30.7 Å². The van der Waals surface area contributed by atoms with Gasteiger partial charge in [-0.1, -0.05) is 6.07 Å². The predicted octanol–water partition coefficient (Wildman–Crippen LogP) is 2.59. The van der Waals surface area contributed by atoms with Crippen LogP contribution in [0.2, 0.25) is 0 Å². The largest absolute Gasteiger partial charge is 0.493 e. The molecule has 0 bridgehead atoms. The van der Waals surface area contributed by atoms with E-state index in [1.54, 1.807) is 32.2 Å². The maximum atomic E-state index is 10.4. The van der Waals surface area contributed by atoms with Crippen molar-refractivity contribution >= 4 is 12.0 Å². The van der Waals surface area contributed by atoms with Crippen molar-refractivity contribution in [2.24, 2.45) is 0 Å². The number of carbonyl (C=O) groups is 1. The molecule has 0 spiro atoms. The zero-order valence-electron chi connectivity index (χ0n) is 11.0. The zero-order valence-corrected chi connectivity index (χ0v) is 11.0. The van der Waals surface area contributed by atoms with Gasteiger partial charge in [-0.3, -0.25) is 0 Å². The number of hydrogen-bond acceptors (Lipinski definition) is 3. The van der Waals surface area contributed by atoms with Gasteiger partial charge in [-0.25, -0.2) is 4.79 Å². The van der Waals surface area contributed by atoms with Crippen LogP contribution in [0.4, 0.5) is 0 Å². The molecule has 0 heterocycles. The molecule has 0 radical (unpaired) electrons. The molecule has 100 valence electrons. The first-order valence-electron chi connectivity index (χ1n) is 5.79. The summed E-state index contributed by atoms with van der Waals surface area (Å²) in [5, 5.41) is 8.57. The Morgan fingerprint density at radius 3 is 2.84 bits per heavy atom. The molecule has 0 amide bonds. The minimum absolute atomic E-state index is 0.488. The number of benzene rings is 1. The second kappa shape index (κ2) is 7.83. The Hall–Kier alpha value is -2.41. The van der Waals surface area contributed by atoms with Gasteiger partial charge in [0.05, 0.1) is 13.7 Å². The summed E-state index contributed by atoms with van der Waals surface area (Å²) in [5.41, 5.74) is 0.736. The lowest BCUT2D eigenvalue weighted by Gasteiger charge is -2.10. The molecule has 19 heavy (non-hydrogen) atoms. The fourth-order valence-corrected chi connectivity index (χ4v) is 1.41. The highest BCUT2D eigenvalue weighted by Crippen LogP contribution is 2.28. The van der Waals surface area contributed by atoms with Crippen LogP contribution in [-0.2, 0) is 4.79 Å². The fraction of sp³-hybridized carbons (Fsp3) is 0.267. The summed E-state index contributed by atoms with van der Waals surface area (Å²) >= 11 is 0. The standard InChI is InChI=1S/C15H16O4/c1-3-4-5-10-19-13-8-6-12(7-9-15(16)17)11-14(13)18-2/h6-9,11H,5,10H2,1-2H3,(H,16,17)/b9-7+. The Labute approximate surface area is 112 Å². The molecule has 1 aromatic rings. The van der Waals surface area contributed by atoms with Crippen LogP contribution < -0.4 is 9.47 Å². The number of hydrogen-bond donors (Lipinski definition) is 1. The molecule has 0 saturated heterocycles. The molecule has 0 aromatic heterocycles. The van der Waals surface area contributed by atoms with Crippen LogP contribution in [0.15, 0.2) is 24.3 Å². The smallest absolute Gasteiger partial charge is 0.328 e. The average Bonchev–Trinajstić information content (AvgIpc) is 2.42. The van der Waals surface area contributed by atoms with Crippen LogP contribution in [0.25, 0.3) is 6.08 Å². The lowest BCUT2D eigenvalue weighted by atomic mass is 10.2. The van der Waals surface area contributed by atoms with Gasteiger partial charge < -0.3 is 14.6 Å². The SMILES string of the molecule is CC#CCCOc1ccc(/C=C/C(=O)O)cc1OC. The van der Waals surface area contributed by atoms with Crippen molar-refractivity contribution in [1.82, 2.24) is 0 Å². The molecule has 0 fully saturated rings. The Morgan fingerprint density at radius 2 is 2.21 bits per heavy atom. The second-order valence-electron chi connectivity index (χ2n) is 3.61. The normalized spacial score (nSPS) is 9.79. The Balaban J connectivity index is 2.77.